The minimum absolute atomic E-state index is 0.109. The molecule has 0 aromatic heterocycles. The first-order valence-corrected chi connectivity index (χ1v) is 5.35. The lowest BCUT2D eigenvalue weighted by Gasteiger charge is -2.09. The van der Waals surface area contributed by atoms with Crippen molar-refractivity contribution in [3.63, 3.8) is 0 Å². The minimum atomic E-state index is -0.364. The first-order chi connectivity index (χ1) is 7.10. The van der Waals surface area contributed by atoms with E-state index < -0.39 is 0 Å². The van der Waals surface area contributed by atoms with Crippen molar-refractivity contribution in [1.82, 2.24) is 5.32 Å². The number of hydrogen-bond acceptors (Lipinski definition) is 2. The summed E-state index contributed by atoms with van der Waals surface area (Å²) >= 11 is 0. The molecule has 1 N–H and O–H groups in total. The lowest BCUT2D eigenvalue weighted by atomic mass is 10.2. The van der Waals surface area contributed by atoms with E-state index >= 15 is 0 Å². The average Bonchev–Trinajstić information content (AvgIpc) is 2.14. The predicted molar refractivity (Wildman–Crippen MR) is 62.8 cm³/mol. The van der Waals surface area contributed by atoms with Crippen molar-refractivity contribution in [2.24, 2.45) is 0 Å². The van der Waals surface area contributed by atoms with Crippen LogP contribution in [-0.4, -0.2) is 18.7 Å². The van der Waals surface area contributed by atoms with Gasteiger partial charge in [0.15, 0.2) is 0 Å². The van der Waals surface area contributed by atoms with E-state index in [1.54, 1.807) is 0 Å². The fourth-order valence-electron chi connectivity index (χ4n) is 1.08. The van der Waals surface area contributed by atoms with Gasteiger partial charge in [0.05, 0.1) is 0 Å². The predicted octanol–water partition coefficient (Wildman–Crippen LogP) is 3.03. The maximum atomic E-state index is 11.2. The quantitative estimate of drug-likeness (QED) is 0.710. The van der Waals surface area contributed by atoms with Gasteiger partial charge in [-0.15, -0.1) is 0 Å². The summed E-state index contributed by atoms with van der Waals surface area (Å²) in [5, 5.41) is 2.67. The van der Waals surface area contributed by atoms with Crippen molar-refractivity contribution in [3.05, 3.63) is 23.8 Å². The average molecular weight is 211 g/mol. The van der Waals surface area contributed by atoms with Crippen LogP contribution in [0, 0.1) is 0 Å². The molecule has 0 aliphatic carbocycles. The molecule has 0 atom stereocenters. The van der Waals surface area contributed by atoms with Gasteiger partial charge in [-0.2, -0.15) is 0 Å². The number of allylic oxidation sites excluding steroid dienone is 2. The van der Waals surface area contributed by atoms with E-state index in [-0.39, 0.29) is 12.1 Å². The number of amides is 1. The van der Waals surface area contributed by atoms with Crippen LogP contribution in [0.3, 0.4) is 0 Å². The van der Waals surface area contributed by atoms with Crippen molar-refractivity contribution < 1.29 is 9.53 Å². The van der Waals surface area contributed by atoms with Crippen LogP contribution < -0.4 is 5.32 Å². The summed E-state index contributed by atoms with van der Waals surface area (Å²) in [7, 11) is 0. The summed E-state index contributed by atoms with van der Waals surface area (Å²) in [6.07, 6.45) is 6.51. The highest BCUT2D eigenvalue weighted by atomic mass is 16.5. The zero-order chi connectivity index (χ0) is 11.7. The Kier molecular flexibility index (Phi) is 7.42. The third-order valence-corrected chi connectivity index (χ3v) is 1.62. The lowest BCUT2D eigenvalue weighted by molar-refractivity contribution is 0.154. The smallest absolute Gasteiger partial charge is 0.407 e. The molecule has 3 heteroatoms. The van der Waals surface area contributed by atoms with Crippen LogP contribution in [0.4, 0.5) is 4.79 Å². The first kappa shape index (κ1) is 13.8. The molecular formula is C12H21NO2. The Morgan fingerprint density at radius 1 is 1.47 bits per heavy atom. The molecule has 0 spiro atoms. The number of nitrogens with one attached hydrogen (secondary N) is 1. The molecule has 0 aliphatic rings. The van der Waals surface area contributed by atoms with E-state index in [1.807, 2.05) is 39.0 Å². The number of ether oxygens (including phenoxy) is 1. The molecule has 0 aromatic rings. The molecular weight excluding hydrogens is 190 g/mol. The Labute approximate surface area is 92.2 Å². The summed E-state index contributed by atoms with van der Waals surface area (Å²) in [6, 6.07) is 0.109. The maximum Gasteiger partial charge on any atom is 0.407 e. The Morgan fingerprint density at radius 2 is 2.13 bits per heavy atom. The number of alkyl carbamates (subject to hydrolysis) is 1. The van der Waals surface area contributed by atoms with Gasteiger partial charge in [0.25, 0.3) is 0 Å². The molecule has 0 unspecified atom stereocenters. The molecule has 0 bridgehead atoms. The second-order valence-electron chi connectivity index (χ2n) is 3.56. The number of hydrogen-bond donors (Lipinski definition) is 1. The van der Waals surface area contributed by atoms with Gasteiger partial charge in [-0.05, 0) is 32.8 Å². The monoisotopic (exact) mass is 211 g/mol. The molecule has 86 valence electrons. The lowest BCUT2D eigenvalue weighted by Crippen LogP contribution is -2.31. The van der Waals surface area contributed by atoms with Gasteiger partial charge in [-0.3, -0.25) is 0 Å². The van der Waals surface area contributed by atoms with Crippen LogP contribution in [-0.2, 0) is 4.74 Å². The molecule has 0 fully saturated rings. The van der Waals surface area contributed by atoms with Crippen molar-refractivity contribution in [2.45, 2.75) is 40.2 Å². The molecule has 15 heavy (non-hydrogen) atoms. The third-order valence-electron chi connectivity index (χ3n) is 1.62. The highest BCUT2D eigenvalue weighted by Gasteiger charge is 2.03. The Hall–Kier alpha value is -1.25. The van der Waals surface area contributed by atoms with E-state index in [0.29, 0.717) is 6.61 Å². The highest BCUT2D eigenvalue weighted by Crippen LogP contribution is 2.00. The van der Waals surface area contributed by atoms with Crippen molar-refractivity contribution >= 4 is 6.09 Å². The van der Waals surface area contributed by atoms with E-state index in [1.165, 1.54) is 0 Å². The number of carbonyl (C=O) groups is 1. The number of carbonyl (C=O) groups excluding carboxylic acids is 1. The fraction of sp³-hybridized carbons (Fsp3) is 0.583. The molecule has 0 saturated carbocycles. The van der Waals surface area contributed by atoms with Crippen molar-refractivity contribution in [2.75, 3.05) is 6.61 Å². The third kappa shape index (κ3) is 7.79. The van der Waals surface area contributed by atoms with Gasteiger partial charge in [0.1, 0.15) is 6.61 Å². The van der Waals surface area contributed by atoms with Gasteiger partial charge in [-0.1, -0.05) is 25.2 Å². The molecule has 0 rings (SSSR count). The van der Waals surface area contributed by atoms with E-state index in [2.05, 4.69) is 12.2 Å². The van der Waals surface area contributed by atoms with Crippen LogP contribution in [0.25, 0.3) is 0 Å². The Balaban J connectivity index is 4.00. The molecule has 0 radical (unpaired) electrons. The van der Waals surface area contributed by atoms with Crippen LogP contribution in [0.2, 0.25) is 0 Å². The molecule has 0 aliphatic heterocycles. The standard InChI is InChI=1S/C12H21NO2/c1-5-7-11(8-6-2)9-15-12(14)13-10(3)4/h5,7-8,10H,6,9H2,1-4H3,(H,13,14)/b7-5-,11-8+. The Morgan fingerprint density at radius 3 is 2.60 bits per heavy atom. The Bertz CT molecular complexity index is 242. The van der Waals surface area contributed by atoms with Crippen LogP contribution in [0.1, 0.15) is 34.1 Å². The van der Waals surface area contributed by atoms with E-state index in [4.69, 9.17) is 4.74 Å². The molecule has 0 heterocycles. The highest BCUT2D eigenvalue weighted by molar-refractivity contribution is 5.67. The van der Waals surface area contributed by atoms with Crippen molar-refractivity contribution in [1.29, 1.82) is 0 Å². The summed E-state index contributed by atoms with van der Waals surface area (Å²) in [5.41, 5.74) is 1.03. The van der Waals surface area contributed by atoms with E-state index in [9.17, 15) is 4.79 Å². The van der Waals surface area contributed by atoms with Gasteiger partial charge in [-0.25, -0.2) is 4.79 Å². The summed E-state index contributed by atoms with van der Waals surface area (Å²) in [5.74, 6) is 0. The molecule has 0 aromatic carbocycles. The molecule has 3 nitrogen and oxygen atoms in total. The second kappa shape index (κ2) is 8.09. The fourth-order valence-corrected chi connectivity index (χ4v) is 1.08. The number of rotatable bonds is 5. The van der Waals surface area contributed by atoms with Crippen LogP contribution in [0.15, 0.2) is 23.8 Å². The molecule has 0 saturated heterocycles. The summed E-state index contributed by atoms with van der Waals surface area (Å²) < 4.78 is 5.05. The SMILES string of the molecule is C/C=C\C(=C/CC)COC(=O)NC(C)C. The maximum absolute atomic E-state index is 11.2. The zero-order valence-electron chi connectivity index (χ0n) is 10.0. The van der Waals surface area contributed by atoms with Gasteiger partial charge in [0.2, 0.25) is 0 Å². The van der Waals surface area contributed by atoms with Crippen LogP contribution in [0.5, 0.6) is 0 Å². The normalized spacial score (nSPS) is 12.2. The van der Waals surface area contributed by atoms with E-state index in [0.717, 1.165) is 12.0 Å². The van der Waals surface area contributed by atoms with Gasteiger partial charge >= 0.3 is 6.09 Å². The second-order valence-corrected chi connectivity index (χ2v) is 3.56. The van der Waals surface area contributed by atoms with Crippen molar-refractivity contribution in [3.8, 4) is 0 Å². The summed E-state index contributed by atoms with van der Waals surface area (Å²) in [6.45, 7) is 8.12. The van der Waals surface area contributed by atoms with Gasteiger partial charge in [0, 0.05) is 6.04 Å². The first-order valence-electron chi connectivity index (χ1n) is 5.35. The largest absolute Gasteiger partial charge is 0.445 e. The zero-order valence-corrected chi connectivity index (χ0v) is 10.0. The minimum Gasteiger partial charge on any atom is -0.445 e. The summed E-state index contributed by atoms with van der Waals surface area (Å²) in [4.78, 5) is 11.2. The molecule has 1 amide bonds. The van der Waals surface area contributed by atoms with Gasteiger partial charge < -0.3 is 10.1 Å². The van der Waals surface area contributed by atoms with Crippen LogP contribution >= 0.6 is 0 Å². The topological polar surface area (TPSA) is 38.3 Å².